The fraction of sp³-hybridized carbons (Fsp3) is 0.467. The first-order valence-corrected chi connectivity index (χ1v) is 12.9. The van der Waals surface area contributed by atoms with Crippen LogP contribution in [0.2, 0.25) is 0 Å². The molecule has 7 heteroatoms. The number of aliphatic hydroxyl groups is 1. The van der Waals surface area contributed by atoms with E-state index in [4.69, 9.17) is 9.47 Å². The summed E-state index contributed by atoms with van der Waals surface area (Å²) >= 11 is 0. The SMILES string of the molecule is C=C1C(O)CC2C(=C)C(=O)O[C@@H]2C2C1CC(=O)C21CCC2=CC[C@H]3C(=C)C(=O)OC3[C@H]3C(=C)C(=O)C1=C23. The van der Waals surface area contributed by atoms with Gasteiger partial charge in [0.05, 0.1) is 17.4 Å². The molecule has 0 bridgehead atoms. The number of ether oxygens (including phenoxy) is 2. The minimum Gasteiger partial charge on any atom is -0.458 e. The van der Waals surface area contributed by atoms with Crippen molar-refractivity contribution in [2.24, 2.45) is 35.0 Å². The molecule has 5 aliphatic carbocycles. The first kappa shape index (κ1) is 22.8. The largest absolute Gasteiger partial charge is 0.458 e. The Labute approximate surface area is 214 Å². The third-order valence-electron chi connectivity index (χ3n) is 10.3. The van der Waals surface area contributed by atoms with Gasteiger partial charge in [0.2, 0.25) is 0 Å². The Kier molecular flexibility index (Phi) is 4.42. The molecule has 37 heavy (non-hydrogen) atoms. The lowest BCUT2D eigenvalue weighted by molar-refractivity contribution is -0.145. The van der Waals surface area contributed by atoms with Gasteiger partial charge in [-0.25, -0.2) is 9.59 Å². The summed E-state index contributed by atoms with van der Waals surface area (Å²) < 4.78 is 11.6. The maximum atomic E-state index is 14.1. The highest BCUT2D eigenvalue weighted by atomic mass is 16.6. The van der Waals surface area contributed by atoms with E-state index in [1.807, 2.05) is 0 Å². The van der Waals surface area contributed by atoms with Gasteiger partial charge in [0.15, 0.2) is 5.78 Å². The van der Waals surface area contributed by atoms with Crippen LogP contribution in [0.25, 0.3) is 0 Å². The number of carbonyl (C=O) groups excluding carboxylic acids is 4. The Morgan fingerprint density at radius 3 is 2.30 bits per heavy atom. The van der Waals surface area contributed by atoms with Crippen LogP contribution in [0, 0.1) is 35.0 Å². The van der Waals surface area contributed by atoms with Crippen molar-refractivity contribution in [3.63, 3.8) is 0 Å². The van der Waals surface area contributed by atoms with Gasteiger partial charge >= 0.3 is 11.9 Å². The molecule has 0 aromatic heterocycles. The van der Waals surface area contributed by atoms with Crippen molar-refractivity contribution >= 4 is 23.5 Å². The van der Waals surface area contributed by atoms with E-state index >= 15 is 0 Å². The van der Waals surface area contributed by atoms with E-state index in [0.29, 0.717) is 41.6 Å². The Morgan fingerprint density at radius 1 is 0.892 bits per heavy atom. The Bertz CT molecular complexity index is 1370. The molecule has 1 spiro atoms. The number of carbonyl (C=O) groups is 4. The van der Waals surface area contributed by atoms with Crippen LogP contribution >= 0.6 is 0 Å². The van der Waals surface area contributed by atoms with Crippen LogP contribution in [0.4, 0.5) is 0 Å². The van der Waals surface area contributed by atoms with E-state index in [1.165, 1.54) is 0 Å². The smallest absolute Gasteiger partial charge is 0.334 e. The lowest BCUT2D eigenvalue weighted by Gasteiger charge is -2.43. The van der Waals surface area contributed by atoms with Crippen molar-refractivity contribution < 1.29 is 33.8 Å². The summed E-state index contributed by atoms with van der Waals surface area (Å²) in [5, 5.41) is 11.0. The molecule has 0 aromatic carbocycles. The van der Waals surface area contributed by atoms with Crippen molar-refractivity contribution in [1.29, 1.82) is 0 Å². The second-order valence-electron chi connectivity index (χ2n) is 11.6. The molecule has 6 unspecified atom stereocenters. The molecule has 2 saturated carbocycles. The van der Waals surface area contributed by atoms with Crippen LogP contribution in [-0.4, -0.2) is 46.9 Å². The maximum Gasteiger partial charge on any atom is 0.334 e. The summed E-state index contributed by atoms with van der Waals surface area (Å²) in [5.41, 5.74) is 2.51. The number of rotatable bonds is 0. The van der Waals surface area contributed by atoms with Gasteiger partial charge in [-0.2, -0.15) is 0 Å². The average Bonchev–Trinajstić information content (AvgIpc) is 3.43. The van der Waals surface area contributed by atoms with Gasteiger partial charge in [-0.15, -0.1) is 0 Å². The van der Waals surface area contributed by atoms with Crippen LogP contribution in [0.1, 0.15) is 32.1 Å². The molecule has 0 aromatic rings. The summed E-state index contributed by atoms with van der Waals surface area (Å²) in [5.74, 6) is -3.60. The predicted molar refractivity (Wildman–Crippen MR) is 130 cm³/mol. The number of hydrogen-bond acceptors (Lipinski definition) is 7. The highest BCUT2D eigenvalue weighted by molar-refractivity contribution is 6.18. The maximum absolute atomic E-state index is 14.1. The van der Waals surface area contributed by atoms with Crippen molar-refractivity contribution in [2.75, 3.05) is 0 Å². The number of fused-ring (bicyclic) bond motifs is 7. The summed E-state index contributed by atoms with van der Waals surface area (Å²) in [6.45, 7) is 16.2. The third kappa shape index (κ3) is 2.56. The standard InChI is InChI=1S/C30H28O7/c1-11-17-10-20(32)30(23(17)27-18(9-19(11)31)13(3)29(35)37-27)8-7-15-5-6-16-12(2)28(34)36-26(16)21-14(4)25(33)24(30)22(15)21/h5,16-19,21,23,26-27,31H,1-4,6-10H2/t16-,17?,18?,19?,21-,23?,26?,27-,30?/m0/s1. The van der Waals surface area contributed by atoms with Gasteiger partial charge in [0.25, 0.3) is 0 Å². The minimum absolute atomic E-state index is 0.0953. The first-order chi connectivity index (χ1) is 17.6. The molecule has 9 atom stereocenters. The first-order valence-electron chi connectivity index (χ1n) is 12.9. The fourth-order valence-electron chi connectivity index (χ4n) is 8.59. The van der Waals surface area contributed by atoms with Crippen molar-refractivity contribution in [2.45, 2.75) is 50.4 Å². The monoisotopic (exact) mass is 500 g/mol. The molecule has 0 radical (unpaired) electrons. The van der Waals surface area contributed by atoms with E-state index in [1.54, 1.807) is 0 Å². The van der Waals surface area contributed by atoms with Gasteiger partial charge < -0.3 is 14.6 Å². The fourth-order valence-corrected chi connectivity index (χ4v) is 8.59. The van der Waals surface area contributed by atoms with E-state index < -0.39 is 59.3 Å². The molecule has 2 saturated heterocycles. The lowest BCUT2D eigenvalue weighted by atomic mass is 9.59. The normalized spacial score (nSPS) is 44.3. The summed E-state index contributed by atoms with van der Waals surface area (Å²) in [6, 6.07) is 0. The Morgan fingerprint density at radius 2 is 1.57 bits per heavy atom. The summed E-state index contributed by atoms with van der Waals surface area (Å²) in [4.78, 5) is 53.3. The quantitative estimate of drug-likeness (QED) is 0.310. The highest BCUT2D eigenvalue weighted by Gasteiger charge is 2.69. The zero-order valence-corrected chi connectivity index (χ0v) is 20.5. The van der Waals surface area contributed by atoms with E-state index in [-0.39, 0.29) is 35.9 Å². The van der Waals surface area contributed by atoms with Gasteiger partial charge in [0.1, 0.15) is 18.0 Å². The average molecular weight is 501 g/mol. The predicted octanol–water partition coefficient (Wildman–Crippen LogP) is 2.87. The second kappa shape index (κ2) is 7.16. The summed E-state index contributed by atoms with van der Waals surface area (Å²) in [7, 11) is 0. The molecule has 7 aliphatic rings. The molecule has 190 valence electrons. The summed E-state index contributed by atoms with van der Waals surface area (Å²) in [6.07, 6.45) is 1.76. The molecular weight excluding hydrogens is 472 g/mol. The van der Waals surface area contributed by atoms with Crippen LogP contribution in [0.5, 0.6) is 0 Å². The van der Waals surface area contributed by atoms with Crippen molar-refractivity contribution in [3.05, 3.63) is 71.4 Å². The number of aliphatic hydroxyl groups excluding tert-OH is 1. The molecule has 2 heterocycles. The number of esters is 2. The van der Waals surface area contributed by atoms with Crippen LogP contribution in [0.3, 0.4) is 0 Å². The molecule has 7 nitrogen and oxygen atoms in total. The molecule has 2 aliphatic heterocycles. The van der Waals surface area contributed by atoms with Crippen LogP contribution < -0.4 is 0 Å². The van der Waals surface area contributed by atoms with E-state index in [2.05, 4.69) is 32.4 Å². The van der Waals surface area contributed by atoms with Gasteiger partial charge in [-0.3, -0.25) is 9.59 Å². The second-order valence-corrected chi connectivity index (χ2v) is 11.6. The number of allylic oxidation sites excluding steroid dienone is 3. The lowest BCUT2D eigenvalue weighted by Crippen LogP contribution is -2.46. The zero-order chi connectivity index (χ0) is 26.1. The molecule has 7 rings (SSSR count). The molecular formula is C30H28O7. The van der Waals surface area contributed by atoms with Crippen LogP contribution in [-0.2, 0) is 28.7 Å². The zero-order valence-electron chi connectivity index (χ0n) is 20.5. The van der Waals surface area contributed by atoms with E-state index in [0.717, 1.165) is 11.1 Å². The number of ketones is 2. The van der Waals surface area contributed by atoms with E-state index in [9.17, 15) is 24.3 Å². The van der Waals surface area contributed by atoms with Crippen molar-refractivity contribution in [3.8, 4) is 0 Å². The topological polar surface area (TPSA) is 107 Å². The van der Waals surface area contributed by atoms with Crippen LogP contribution in [0.15, 0.2) is 71.4 Å². The molecule has 1 N–H and O–H groups in total. The van der Waals surface area contributed by atoms with Gasteiger partial charge in [-0.1, -0.05) is 32.4 Å². The minimum atomic E-state index is -1.20. The molecule has 0 amide bonds. The number of hydrogen-bond donors (Lipinski definition) is 1. The van der Waals surface area contributed by atoms with Gasteiger partial charge in [-0.05, 0) is 48.3 Å². The Balaban J connectivity index is 1.46. The van der Waals surface area contributed by atoms with Gasteiger partial charge in [0, 0.05) is 46.5 Å². The Hall–Kier alpha value is -3.32. The molecule has 4 fully saturated rings. The highest BCUT2D eigenvalue weighted by Crippen LogP contribution is 2.66. The number of Topliss-reactive ketones (excluding diaryl/α,β-unsaturated/α-hetero) is 2. The van der Waals surface area contributed by atoms with Crippen molar-refractivity contribution in [1.82, 2.24) is 0 Å². The third-order valence-corrected chi connectivity index (χ3v) is 10.3.